The number of carbonyl (C=O) groups is 3. The fourth-order valence-corrected chi connectivity index (χ4v) is 7.55. The van der Waals surface area contributed by atoms with Crippen LogP contribution in [-0.2, 0) is 28.6 Å². The fourth-order valence-electron chi connectivity index (χ4n) is 7.55. The smallest absolute Gasteiger partial charge is 0.362 e. The average Bonchev–Trinajstić information content (AvgIpc) is 3.26. The number of carbonyl (C=O) groups excluding carboxylic acids is 2. The number of nitrogens with zero attached hydrogens (tertiary/aromatic N) is 1. The summed E-state index contributed by atoms with van der Waals surface area (Å²) in [6.45, 7) is 4.68. The normalized spacial score (nSPS) is 13.3. The lowest BCUT2D eigenvalue weighted by Crippen LogP contribution is -2.50. The number of hydrogen-bond donors (Lipinski definition) is 1. The Morgan fingerprint density at radius 3 is 1.27 bits per heavy atom. The molecule has 370 valence electrons. The van der Waals surface area contributed by atoms with E-state index in [1.807, 2.05) is 21.1 Å². The van der Waals surface area contributed by atoms with Gasteiger partial charge in [0.2, 0.25) is 0 Å². The molecule has 0 saturated carbocycles. The van der Waals surface area contributed by atoms with E-state index in [9.17, 15) is 19.5 Å². The van der Waals surface area contributed by atoms with Crippen molar-refractivity contribution in [3.63, 3.8) is 0 Å². The Morgan fingerprint density at radius 1 is 0.469 bits per heavy atom. The van der Waals surface area contributed by atoms with Crippen LogP contribution in [0.4, 0.5) is 0 Å². The summed E-state index contributed by atoms with van der Waals surface area (Å²) < 4.78 is 17.3. The van der Waals surface area contributed by atoms with Gasteiger partial charge in [-0.2, -0.15) is 0 Å². The SMILES string of the molecule is CCCCCCCC/C=C/C/C=C/C/C=C/CCCC(=O)OC(COCCC(C(=O)O)[N+](C)(C)C)COC(=O)CCCCCCCCC/C=C/C/C=C/CCCCCCCCCCC. The van der Waals surface area contributed by atoms with Crippen LogP contribution in [0.1, 0.15) is 226 Å². The van der Waals surface area contributed by atoms with E-state index in [0.29, 0.717) is 19.3 Å². The zero-order valence-corrected chi connectivity index (χ0v) is 42.2. The molecule has 0 saturated heterocycles. The molecule has 0 aliphatic heterocycles. The van der Waals surface area contributed by atoms with Crippen molar-refractivity contribution < 1.29 is 38.2 Å². The molecule has 1 N–H and O–H groups in total. The number of aliphatic carboxylic acids is 1. The maximum absolute atomic E-state index is 12.8. The maximum Gasteiger partial charge on any atom is 0.362 e. The molecule has 0 aromatic rings. The quantitative estimate of drug-likeness (QED) is 0.0281. The Hall–Kier alpha value is -2.97. The zero-order chi connectivity index (χ0) is 47.0. The third-order valence-corrected chi connectivity index (χ3v) is 11.6. The third kappa shape index (κ3) is 44.2. The lowest BCUT2D eigenvalue weighted by atomic mass is 10.1. The first-order valence-electron chi connectivity index (χ1n) is 26.3. The molecule has 64 heavy (non-hydrogen) atoms. The van der Waals surface area contributed by atoms with Gasteiger partial charge in [-0.25, -0.2) is 4.79 Å². The molecule has 2 unspecified atom stereocenters. The van der Waals surface area contributed by atoms with E-state index >= 15 is 0 Å². The van der Waals surface area contributed by atoms with Crippen LogP contribution in [0, 0.1) is 0 Å². The van der Waals surface area contributed by atoms with Crippen molar-refractivity contribution in [2.24, 2.45) is 0 Å². The van der Waals surface area contributed by atoms with Crippen molar-refractivity contribution in [3.8, 4) is 0 Å². The highest BCUT2D eigenvalue weighted by Gasteiger charge is 2.31. The minimum atomic E-state index is -0.884. The van der Waals surface area contributed by atoms with Gasteiger partial charge < -0.3 is 23.8 Å². The van der Waals surface area contributed by atoms with Gasteiger partial charge in [-0.15, -0.1) is 0 Å². The van der Waals surface area contributed by atoms with Crippen molar-refractivity contribution in [1.82, 2.24) is 0 Å². The Morgan fingerprint density at radius 2 is 0.844 bits per heavy atom. The standard InChI is InChI=1S/C56H99NO7/c1-6-8-10-12-14-16-18-20-22-24-25-26-27-28-29-31-32-34-36-38-40-42-44-46-54(58)63-51-52(50-62-49-48-53(56(60)61)57(3,4)5)64-55(59)47-45-43-41-39-37-35-33-30-23-21-19-17-15-13-11-9-7-2/h21,23,25-26,28-29,33,35,39,41,52-53H,6-20,22,24,27,30-32,34,36-38,40,42-51H2,1-5H3/p+1/b23-21+,26-25+,29-28+,35-33+,41-39+. The molecule has 0 aliphatic carbocycles. The first kappa shape index (κ1) is 61.0. The van der Waals surface area contributed by atoms with Gasteiger partial charge in [0.1, 0.15) is 6.61 Å². The van der Waals surface area contributed by atoms with Gasteiger partial charge in [0.25, 0.3) is 0 Å². The van der Waals surface area contributed by atoms with Gasteiger partial charge in [0.15, 0.2) is 12.1 Å². The van der Waals surface area contributed by atoms with Crippen LogP contribution >= 0.6 is 0 Å². The van der Waals surface area contributed by atoms with Crippen molar-refractivity contribution >= 4 is 17.9 Å². The number of esters is 2. The number of likely N-dealkylation sites (N-methyl/N-ethyl adjacent to an activating group) is 1. The summed E-state index contributed by atoms with van der Waals surface area (Å²) in [4.78, 5) is 37.1. The molecule has 0 amide bonds. The van der Waals surface area contributed by atoms with Crippen LogP contribution < -0.4 is 0 Å². The first-order chi connectivity index (χ1) is 31.1. The molecule has 8 nitrogen and oxygen atoms in total. The van der Waals surface area contributed by atoms with E-state index in [4.69, 9.17) is 14.2 Å². The Labute approximate surface area is 394 Å². The predicted molar refractivity (Wildman–Crippen MR) is 271 cm³/mol. The number of allylic oxidation sites excluding steroid dienone is 10. The van der Waals surface area contributed by atoms with Crippen LogP contribution in [0.2, 0.25) is 0 Å². The second kappa shape index (κ2) is 46.6. The number of unbranched alkanes of at least 4 members (excludes halogenated alkanes) is 23. The second-order valence-corrected chi connectivity index (χ2v) is 18.8. The average molecular weight is 899 g/mol. The molecular formula is C56H100NO7+. The van der Waals surface area contributed by atoms with Gasteiger partial charge in [-0.05, 0) is 77.0 Å². The van der Waals surface area contributed by atoms with E-state index in [2.05, 4.69) is 74.6 Å². The topological polar surface area (TPSA) is 99.1 Å². The Bertz CT molecular complexity index is 1230. The predicted octanol–water partition coefficient (Wildman–Crippen LogP) is 15.3. The Kier molecular flexibility index (Phi) is 44.4. The van der Waals surface area contributed by atoms with Gasteiger partial charge in [0, 0.05) is 19.3 Å². The largest absolute Gasteiger partial charge is 0.477 e. The van der Waals surface area contributed by atoms with Gasteiger partial charge >= 0.3 is 17.9 Å². The lowest BCUT2D eigenvalue weighted by molar-refractivity contribution is -0.887. The van der Waals surface area contributed by atoms with E-state index in [1.54, 1.807) is 0 Å². The summed E-state index contributed by atoms with van der Waals surface area (Å²) in [6.07, 6.45) is 58.6. The van der Waals surface area contributed by atoms with Gasteiger partial charge in [-0.1, -0.05) is 190 Å². The highest BCUT2D eigenvalue weighted by molar-refractivity contribution is 5.72. The maximum atomic E-state index is 12.8. The number of quaternary nitrogens is 1. The Balaban J connectivity index is 4.30. The van der Waals surface area contributed by atoms with E-state index in [-0.39, 0.29) is 42.7 Å². The minimum absolute atomic E-state index is 0.0370. The summed E-state index contributed by atoms with van der Waals surface area (Å²) in [6, 6.07) is -0.627. The summed E-state index contributed by atoms with van der Waals surface area (Å²) in [5.41, 5.74) is 0. The fraction of sp³-hybridized carbons (Fsp3) is 0.768. The number of ether oxygens (including phenoxy) is 3. The number of carboxylic acids is 1. The molecule has 0 heterocycles. The van der Waals surface area contributed by atoms with Crippen LogP contribution in [0.5, 0.6) is 0 Å². The lowest BCUT2D eigenvalue weighted by Gasteiger charge is -2.31. The zero-order valence-electron chi connectivity index (χ0n) is 42.2. The molecule has 2 atom stereocenters. The summed E-state index contributed by atoms with van der Waals surface area (Å²) in [5.74, 6) is -1.54. The highest BCUT2D eigenvalue weighted by atomic mass is 16.6. The number of hydrogen-bond acceptors (Lipinski definition) is 6. The molecule has 8 heteroatoms. The molecule has 0 bridgehead atoms. The van der Waals surface area contributed by atoms with Gasteiger partial charge in [-0.3, -0.25) is 9.59 Å². The molecule has 0 rings (SSSR count). The molecule has 0 spiro atoms. The van der Waals surface area contributed by atoms with Crippen molar-refractivity contribution in [1.29, 1.82) is 0 Å². The van der Waals surface area contributed by atoms with E-state index in [1.165, 1.54) is 135 Å². The molecule has 0 aromatic carbocycles. The van der Waals surface area contributed by atoms with Crippen LogP contribution in [-0.4, -0.2) is 80.6 Å². The van der Waals surface area contributed by atoms with Gasteiger partial charge in [0.05, 0.1) is 34.4 Å². The van der Waals surface area contributed by atoms with Crippen molar-refractivity contribution in [2.45, 2.75) is 238 Å². The van der Waals surface area contributed by atoms with Crippen molar-refractivity contribution in [2.75, 3.05) is 41.0 Å². The molecule has 0 aromatic heterocycles. The van der Waals surface area contributed by atoms with Crippen LogP contribution in [0.25, 0.3) is 0 Å². The summed E-state index contributed by atoms with van der Waals surface area (Å²) in [7, 11) is 5.51. The molecular weight excluding hydrogens is 799 g/mol. The first-order valence-corrected chi connectivity index (χ1v) is 26.3. The third-order valence-electron chi connectivity index (χ3n) is 11.6. The minimum Gasteiger partial charge on any atom is -0.477 e. The van der Waals surface area contributed by atoms with E-state index in [0.717, 1.165) is 51.4 Å². The monoisotopic (exact) mass is 899 g/mol. The molecule has 0 fully saturated rings. The number of carboxylic acid groups (broad SMARTS) is 1. The van der Waals surface area contributed by atoms with Crippen molar-refractivity contribution in [3.05, 3.63) is 60.8 Å². The van der Waals surface area contributed by atoms with E-state index < -0.39 is 18.1 Å². The second-order valence-electron chi connectivity index (χ2n) is 18.8. The molecule has 0 aliphatic rings. The summed E-state index contributed by atoms with van der Waals surface area (Å²) in [5, 5.41) is 9.65. The molecule has 0 radical (unpaired) electrons. The number of rotatable bonds is 47. The van der Waals surface area contributed by atoms with Crippen LogP contribution in [0.15, 0.2) is 60.8 Å². The summed E-state index contributed by atoms with van der Waals surface area (Å²) >= 11 is 0. The highest BCUT2D eigenvalue weighted by Crippen LogP contribution is 2.14. The van der Waals surface area contributed by atoms with Crippen LogP contribution in [0.3, 0.4) is 0 Å².